The Morgan fingerprint density at radius 3 is 1.58 bits per heavy atom. The predicted octanol–water partition coefficient (Wildman–Crippen LogP) is 1.13. The lowest BCUT2D eigenvalue weighted by Crippen LogP contribution is -2.12. The smallest absolute Gasteiger partial charge is 0.262 e. The highest BCUT2D eigenvalue weighted by atomic mass is 32.2. The fourth-order valence-electron chi connectivity index (χ4n) is 0.248. The van der Waals surface area contributed by atoms with E-state index in [0.29, 0.717) is 0 Å². The second-order valence-corrected chi connectivity index (χ2v) is 2.43. The van der Waals surface area contributed by atoms with Crippen molar-refractivity contribution in [3.63, 3.8) is 0 Å². The van der Waals surface area contributed by atoms with Crippen molar-refractivity contribution < 1.29 is 30.1 Å². The number of rotatable bonds is 6. The van der Waals surface area contributed by atoms with Crippen LogP contribution in [0.5, 0.6) is 0 Å². The van der Waals surface area contributed by atoms with E-state index in [-0.39, 0.29) is 0 Å². The summed E-state index contributed by atoms with van der Waals surface area (Å²) in [6, 6.07) is 0. The second kappa shape index (κ2) is 6.32. The quantitative estimate of drug-likeness (QED) is 0.616. The maximum atomic E-state index is 11.3. The first kappa shape index (κ1) is 11.8. The van der Waals surface area contributed by atoms with Crippen LogP contribution in [0.25, 0.3) is 0 Å². The molecule has 0 aliphatic heterocycles. The second-order valence-electron chi connectivity index (χ2n) is 1.56. The summed E-state index contributed by atoms with van der Waals surface area (Å²) in [4.78, 5) is 0. The van der Waals surface area contributed by atoms with E-state index < -0.39 is 37.4 Å². The molecule has 0 aliphatic rings. The zero-order chi connectivity index (χ0) is 9.56. The van der Waals surface area contributed by atoms with E-state index >= 15 is 0 Å². The summed E-state index contributed by atoms with van der Waals surface area (Å²) in [6.07, 6.45) is -5.60. The average molecular weight is 210 g/mol. The van der Waals surface area contributed by atoms with Crippen molar-refractivity contribution in [2.75, 3.05) is 13.2 Å². The van der Waals surface area contributed by atoms with Crippen LogP contribution in [0.2, 0.25) is 0 Å². The predicted molar refractivity (Wildman–Crippen MR) is 32.1 cm³/mol. The van der Waals surface area contributed by atoms with Crippen LogP contribution < -0.4 is 0 Å². The van der Waals surface area contributed by atoms with Crippen LogP contribution in [0.1, 0.15) is 0 Å². The molecule has 0 aromatic rings. The van der Waals surface area contributed by atoms with Gasteiger partial charge in [-0.15, -0.1) is 0 Å². The zero-order valence-corrected chi connectivity index (χ0v) is 6.53. The maximum Gasteiger partial charge on any atom is 0.305 e. The lowest BCUT2D eigenvalue weighted by Gasteiger charge is -2.01. The summed E-state index contributed by atoms with van der Waals surface area (Å²) >= 11 is -2.52. The number of halogens is 4. The van der Waals surface area contributed by atoms with Gasteiger partial charge in [0, 0.05) is 0 Å². The molecule has 0 rings (SSSR count). The van der Waals surface area contributed by atoms with Crippen LogP contribution in [0.4, 0.5) is 17.6 Å². The van der Waals surface area contributed by atoms with Gasteiger partial charge in [0.15, 0.2) is 0 Å². The van der Waals surface area contributed by atoms with Gasteiger partial charge in [-0.05, 0) is 0 Å². The zero-order valence-electron chi connectivity index (χ0n) is 5.71. The summed E-state index contributed by atoms with van der Waals surface area (Å²) in [7, 11) is 0. The lowest BCUT2D eigenvalue weighted by molar-refractivity contribution is 0.0605. The first-order chi connectivity index (χ1) is 5.52. The fourth-order valence-corrected chi connectivity index (χ4v) is 0.744. The summed E-state index contributed by atoms with van der Waals surface area (Å²) in [5.74, 6) is 0. The average Bonchev–Trinajstić information content (AvgIpc) is 1.96. The minimum Gasteiger partial charge on any atom is -0.262 e. The molecule has 3 nitrogen and oxygen atoms in total. The molecule has 0 unspecified atom stereocenters. The molecular formula is C4H6F4O3S. The van der Waals surface area contributed by atoms with Crippen LogP contribution >= 0.6 is 0 Å². The van der Waals surface area contributed by atoms with Crippen molar-refractivity contribution in [2.24, 2.45) is 0 Å². The highest BCUT2D eigenvalue weighted by molar-refractivity contribution is 7.75. The van der Waals surface area contributed by atoms with Crippen LogP contribution in [0.15, 0.2) is 0 Å². The molecule has 8 heteroatoms. The Balaban J connectivity index is 3.34. The van der Waals surface area contributed by atoms with Gasteiger partial charge in [-0.3, -0.25) is 8.37 Å². The van der Waals surface area contributed by atoms with E-state index in [1.165, 1.54) is 0 Å². The maximum absolute atomic E-state index is 11.3. The van der Waals surface area contributed by atoms with Gasteiger partial charge in [0.1, 0.15) is 13.2 Å². The largest absolute Gasteiger partial charge is 0.305 e. The Morgan fingerprint density at radius 1 is 1.00 bits per heavy atom. The first-order valence-electron chi connectivity index (χ1n) is 2.77. The molecule has 0 N–H and O–H groups in total. The van der Waals surface area contributed by atoms with Crippen LogP contribution in [0, 0.1) is 0 Å². The molecule has 0 spiro atoms. The molecule has 0 saturated carbocycles. The Labute approximate surface area is 68.5 Å². The third kappa shape index (κ3) is 7.89. The van der Waals surface area contributed by atoms with Crippen LogP contribution in [-0.4, -0.2) is 30.3 Å². The molecule has 0 aromatic carbocycles. The van der Waals surface area contributed by atoms with Crippen molar-refractivity contribution >= 4 is 11.4 Å². The van der Waals surface area contributed by atoms with E-state index in [2.05, 4.69) is 8.37 Å². The number of hydrogen-bond acceptors (Lipinski definition) is 3. The van der Waals surface area contributed by atoms with Gasteiger partial charge in [0.05, 0.1) is 0 Å². The fraction of sp³-hybridized carbons (Fsp3) is 1.00. The van der Waals surface area contributed by atoms with E-state index in [1.807, 2.05) is 0 Å². The lowest BCUT2D eigenvalue weighted by atomic mass is 10.8. The Kier molecular flexibility index (Phi) is 6.21. The summed E-state index contributed by atoms with van der Waals surface area (Å²) in [6.45, 7) is -2.20. The summed E-state index contributed by atoms with van der Waals surface area (Å²) < 4.78 is 63.2. The molecule has 0 radical (unpaired) electrons. The minimum atomic E-state index is -2.80. The van der Waals surface area contributed by atoms with Gasteiger partial charge in [-0.25, -0.2) is 17.6 Å². The van der Waals surface area contributed by atoms with Crippen molar-refractivity contribution in [1.82, 2.24) is 0 Å². The highest BCUT2D eigenvalue weighted by Crippen LogP contribution is 1.99. The highest BCUT2D eigenvalue weighted by Gasteiger charge is 2.10. The van der Waals surface area contributed by atoms with E-state index in [4.69, 9.17) is 0 Å². The van der Waals surface area contributed by atoms with Crippen LogP contribution in [0.3, 0.4) is 0 Å². The molecule has 74 valence electrons. The molecule has 0 fully saturated rings. The van der Waals surface area contributed by atoms with Crippen molar-refractivity contribution in [3.05, 3.63) is 0 Å². The van der Waals surface area contributed by atoms with Crippen molar-refractivity contribution in [2.45, 2.75) is 12.9 Å². The molecule has 12 heavy (non-hydrogen) atoms. The van der Waals surface area contributed by atoms with Gasteiger partial charge >= 0.3 is 11.4 Å². The number of hydrogen-bond donors (Lipinski definition) is 0. The molecule has 0 amide bonds. The van der Waals surface area contributed by atoms with Gasteiger partial charge in [-0.1, -0.05) is 0 Å². The third-order valence-corrected chi connectivity index (χ3v) is 1.24. The van der Waals surface area contributed by atoms with Crippen LogP contribution in [-0.2, 0) is 19.7 Å². The van der Waals surface area contributed by atoms with Crippen molar-refractivity contribution in [1.29, 1.82) is 0 Å². The Hall–Kier alpha value is -0.210. The molecular weight excluding hydrogens is 204 g/mol. The molecule has 0 atom stereocenters. The summed E-state index contributed by atoms with van der Waals surface area (Å²) in [5, 5.41) is 0. The monoisotopic (exact) mass is 210 g/mol. The van der Waals surface area contributed by atoms with Gasteiger partial charge in [0.25, 0.3) is 12.9 Å². The first-order valence-corrected chi connectivity index (χ1v) is 3.77. The Bertz CT molecular complexity index is 128. The molecule has 0 aromatic heterocycles. The normalized spacial score (nSPS) is 11.9. The van der Waals surface area contributed by atoms with E-state index in [9.17, 15) is 21.8 Å². The van der Waals surface area contributed by atoms with E-state index in [0.717, 1.165) is 0 Å². The van der Waals surface area contributed by atoms with E-state index in [1.54, 1.807) is 0 Å². The molecule has 0 bridgehead atoms. The van der Waals surface area contributed by atoms with Crippen molar-refractivity contribution in [3.8, 4) is 0 Å². The van der Waals surface area contributed by atoms with Gasteiger partial charge in [0.2, 0.25) is 0 Å². The molecule has 0 aliphatic carbocycles. The van der Waals surface area contributed by atoms with Gasteiger partial charge in [-0.2, -0.15) is 4.21 Å². The summed E-state index contributed by atoms with van der Waals surface area (Å²) in [5.41, 5.74) is 0. The third-order valence-electron chi connectivity index (χ3n) is 0.581. The standard InChI is InChI=1S/C4H6F4O3S/c5-3(6)1-10-12(9)11-2-4(7)8/h3-4H,1-2H2. The molecule has 0 heterocycles. The Morgan fingerprint density at radius 2 is 1.33 bits per heavy atom. The SMILES string of the molecule is O=S(OCC(F)F)OCC(F)F. The minimum absolute atomic E-state index is 1.10. The number of alkyl halides is 4. The van der Waals surface area contributed by atoms with Gasteiger partial charge < -0.3 is 0 Å². The molecule has 0 saturated heterocycles. The topological polar surface area (TPSA) is 35.5 Å².